The first-order valence-electron chi connectivity index (χ1n) is 8.89. The van der Waals surface area contributed by atoms with Crippen molar-refractivity contribution in [3.8, 4) is 0 Å². The lowest BCUT2D eigenvalue weighted by Crippen LogP contribution is -2.47. The van der Waals surface area contributed by atoms with Crippen molar-refractivity contribution < 1.29 is 19.5 Å². The second-order valence-corrected chi connectivity index (χ2v) is 7.00. The zero-order valence-corrected chi connectivity index (χ0v) is 14.4. The second-order valence-electron chi connectivity index (χ2n) is 7.00. The van der Waals surface area contributed by atoms with E-state index in [4.69, 9.17) is 5.11 Å². The minimum absolute atomic E-state index is 0.00683. The lowest BCUT2D eigenvalue weighted by molar-refractivity contribution is -0.140. The molecule has 0 spiro atoms. The number of carbonyl (C=O) groups is 3. The summed E-state index contributed by atoms with van der Waals surface area (Å²) in [6.45, 7) is 1.62. The van der Waals surface area contributed by atoms with E-state index in [0.29, 0.717) is 12.8 Å². The number of anilines is 1. The third kappa shape index (κ3) is 3.52. The highest BCUT2D eigenvalue weighted by Gasteiger charge is 2.41. The normalized spacial score (nSPS) is 25.3. The molecule has 0 saturated heterocycles. The van der Waals surface area contributed by atoms with Crippen LogP contribution < -0.4 is 10.2 Å². The molecule has 2 aliphatic rings. The van der Waals surface area contributed by atoms with E-state index in [9.17, 15) is 14.4 Å². The van der Waals surface area contributed by atoms with E-state index >= 15 is 0 Å². The van der Waals surface area contributed by atoms with E-state index in [1.165, 1.54) is 0 Å². The van der Waals surface area contributed by atoms with Gasteiger partial charge in [0.15, 0.2) is 0 Å². The van der Waals surface area contributed by atoms with Crippen molar-refractivity contribution in [2.24, 2.45) is 11.8 Å². The number of para-hydroxylation sites is 1. The number of carbonyl (C=O) groups excluding carboxylic acids is 2. The Morgan fingerprint density at radius 1 is 1.16 bits per heavy atom. The molecule has 6 nitrogen and oxygen atoms in total. The molecule has 3 rings (SSSR count). The van der Waals surface area contributed by atoms with Gasteiger partial charge >= 0.3 is 5.97 Å². The van der Waals surface area contributed by atoms with Gasteiger partial charge in [-0.15, -0.1) is 0 Å². The largest absolute Gasteiger partial charge is 0.480 e. The third-order valence-corrected chi connectivity index (χ3v) is 5.28. The average molecular weight is 344 g/mol. The molecule has 6 heteroatoms. The molecule has 1 aromatic carbocycles. The van der Waals surface area contributed by atoms with Crippen molar-refractivity contribution in [1.82, 2.24) is 5.32 Å². The molecule has 2 amide bonds. The van der Waals surface area contributed by atoms with E-state index in [2.05, 4.69) is 5.32 Å². The third-order valence-electron chi connectivity index (χ3n) is 5.28. The first kappa shape index (κ1) is 17.5. The van der Waals surface area contributed by atoms with Crippen LogP contribution in [0.4, 0.5) is 5.69 Å². The van der Waals surface area contributed by atoms with Gasteiger partial charge in [0.2, 0.25) is 11.8 Å². The van der Waals surface area contributed by atoms with Crippen molar-refractivity contribution in [3.63, 3.8) is 0 Å². The number of nitrogens with one attached hydrogen (secondary N) is 1. The second kappa shape index (κ2) is 7.25. The maximum Gasteiger partial charge on any atom is 0.322 e. The number of carboxylic acid groups (broad SMARTS) is 1. The van der Waals surface area contributed by atoms with E-state index < -0.39 is 18.4 Å². The lowest BCUT2D eigenvalue weighted by atomic mass is 9.77. The van der Waals surface area contributed by atoms with Gasteiger partial charge in [-0.2, -0.15) is 0 Å². The number of rotatable bonds is 4. The highest BCUT2D eigenvalue weighted by molar-refractivity contribution is 6.00. The van der Waals surface area contributed by atoms with E-state index in [1.54, 1.807) is 0 Å². The zero-order chi connectivity index (χ0) is 18.0. The van der Waals surface area contributed by atoms with Crippen LogP contribution in [0, 0.1) is 11.8 Å². The van der Waals surface area contributed by atoms with Gasteiger partial charge in [0.25, 0.3) is 0 Å². The molecule has 1 heterocycles. The van der Waals surface area contributed by atoms with Gasteiger partial charge in [-0.3, -0.25) is 14.4 Å². The van der Waals surface area contributed by atoms with Gasteiger partial charge in [0, 0.05) is 17.6 Å². The number of fused-ring (bicyclic) bond motifs is 1. The Hall–Kier alpha value is -2.37. The zero-order valence-electron chi connectivity index (χ0n) is 14.4. The number of benzene rings is 1. The molecule has 3 unspecified atom stereocenters. The molecule has 2 N–H and O–H groups in total. The summed E-state index contributed by atoms with van der Waals surface area (Å²) in [6, 6.07) is 7.97. The summed E-state index contributed by atoms with van der Waals surface area (Å²) < 4.78 is 0. The summed E-state index contributed by atoms with van der Waals surface area (Å²) in [4.78, 5) is 38.2. The van der Waals surface area contributed by atoms with Crippen molar-refractivity contribution in [2.45, 2.75) is 45.1 Å². The number of amides is 2. The van der Waals surface area contributed by atoms with Crippen LogP contribution in [0.3, 0.4) is 0 Å². The molecule has 1 aliphatic carbocycles. The number of carboxylic acids is 1. The molecular weight excluding hydrogens is 320 g/mol. The Kier molecular flexibility index (Phi) is 5.06. The van der Waals surface area contributed by atoms with Gasteiger partial charge in [0.1, 0.15) is 6.54 Å². The molecule has 0 radical (unpaired) electrons. The summed E-state index contributed by atoms with van der Waals surface area (Å²) >= 11 is 0. The highest BCUT2D eigenvalue weighted by atomic mass is 16.4. The fourth-order valence-electron chi connectivity index (χ4n) is 4.11. The van der Waals surface area contributed by atoms with Crippen LogP contribution in [0.1, 0.15) is 38.2 Å². The maximum absolute atomic E-state index is 13.3. The van der Waals surface area contributed by atoms with Crippen molar-refractivity contribution in [2.75, 3.05) is 11.4 Å². The maximum atomic E-state index is 13.3. The molecular formula is C19H24N2O4. The molecule has 1 aromatic rings. The monoisotopic (exact) mass is 344 g/mol. The van der Waals surface area contributed by atoms with Gasteiger partial charge in [-0.25, -0.2) is 0 Å². The van der Waals surface area contributed by atoms with Crippen molar-refractivity contribution >= 4 is 23.5 Å². The molecule has 1 aliphatic heterocycles. The smallest absolute Gasteiger partial charge is 0.322 e. The van der Waals surface area contributed by atoms with Crippen LogP contribution >= 0.6 is 0 Å². The summed E-state index contributed by atoms with van der Waals surface area (Å²) in [5.41, 5.74) is 2.10. The molecule has 1 saturated carbocycles. The number of nitrogens with zero attached hydrogens (tertiary/aromatic N) is 1. The SMILES string of the molecule is CC1Cc2ccccc2N1C(=O)C1CCCCC1C(=O)NCC(=O)O. The van der Waals surface area contributed by atoms with Crippen LogP contribution in [-0.4, -0.2) is 35.5 Å². The van der Waals surface area contributed by atoms with E-state index in [1.807, 2.05) is 36.1 Å². The predicted molar refractivity (Wildman–Crippen MR) is 93.2 cm³/mol. The molecule has 0 aromatic heterocycles. The first-order chi connectivity index (χ1) is 12.0. The summed E-state index contributed by atoms with van der Waals surface area (Å²) in [7, 11) is 0. The Morgan fingerprint density at radius 3 is 2.56 bits per heavy atom. The minimum Gasteiger partial charge on any atom is -0.480 e. The van der Waals surface area contributed by atoms with Crippen molar-refractivity contribution in [3.05, 3.63) is 29.8 Å². The summed E-state index contributed by atoms with van der Waals surface area (Å²) in [5, 5.41) is 11.2. The van der Waals surface area contributed by atoms with E-state index in [0.717, 1.165) is 30.5 Å². The number of hydrogen-bond acceptors (Lipinski definition) is 3. The molecule has 1 fully saturated rings. The van der Waals surface area contributed by atoms with Crippen LogP contribution in [0.25, 0.3) is 0 Å². The Bertz CT molecular complexity index is 688. The Labute approximate surface area is 147 Å². The molecule has 0 bridgehead atoms. The topological polar surface area (TPSA) is 86.7 Å². The van der Waals surface area contributed by atoms with E-state index in [-0.39, 0.29) is 23.8 Å². The standard InChI is InChI=1S/C19H24N2O4/c1-12-10-13-6-2-5-9-16(13)21(12)19(25)15-8-4-3-7-14(15)18(24)20-11-17(22)23/h2,5-6,9,12,14-15H,3-4,7-8,10-11H2,1H3,(H,20,24)(H,22,23). The summed E-state index contributed by atoms with van der Waals surface area (Å²) in [6.07, 6.45) is 3.94. The average Bonchev–Trinajstić information content (AvgIpc) is 2.94. The lowest BCUT2D eigenvalue weighted by Gasteiger charge is -2.34. The molecule has 134 valence electrons. The van der Waals surface area contributed by atoms with Gasteiger partial charge in [0.05, 0.1) is 5.92 Å². The first-order valence-corrected chi connectivity index (χ1v) is 8.89. The minimum atomic E-state index is -1.07. The van der Waals surface area contributed by atoms with Crippen molar-refractivity contribution in [1.29, 1.82) is 0 Å². The van der Waals surface area contributed by atoms with Crippen LogP contribution in [-0.2, 0) is 20.8 Å². The summed E-state index contributed by atoms with van der Waals surface area (Å²) in [5.74, 6) is -2.22. The Balaban J connectivity index is 1.79. The van der Waals surface area contributed by atoms with Gasteiger partial charge < -0.3 is 15.3 Å². The number of aliphatic carboxylic acids is 1. The predicted octanol–water partition coefficient (Wildman–Crippen LogP) is 1.97. The highest BCUT2D eigenvalue weighted by Crippen LogP contribution is 2.38. The quantitative estimate of drug-likeness (QED) is 0.874. The number of hydrogen-bond donors (Lipinski definition) is 2. The molecule has 3 atom stereocenters. The van der Waals surface area contributed by atoms with Crippen LogP contribution in [0.15, 0.2) is 24.3 Å². The fraction of sp³-hybridized carbons (Fsp3) is 0.526. The van der Waals surface area contributed by atoms with Crippen LogP contribution in [0.2, 0.25) is 0 Å². The van der Waals surface area contributed by atoms with Gasteiger partial charge in [-0.1, -0.05) is 31.0 Å². The Morgan fingerprint density at radius 2 is 1.84 bits per heavy atom. The fourth-order valence-corrected chi connectivity index (χ4v) is 4.11. The van der Waals surface area contributed by atoms with Gasteiger partial charge in [-0.05, 0) is 37.8 Å². The van der Waals surface area contributed by atoms with Crippen LogP contribution in [0.5, 0.6) is 0 Å². The molecule has 25 heavy (non-hydrogen) atoms.